The standard InChI is InChI=1S/C16H14N4/c1-10-6-7-13-14(8-10)20-16(19-13)9-15-17-11-4-2-3-5-12(11)18-15/h2-8H,9H2,1H3,(H,17,18)(H,19,20). The molecule has 0 atom stereocenters. The fourth-order valence-electron chi connectivity index (χ4n) is 2.51. The zero-order chi connectivity index (χ0) is 13.5. The third-order valence-corrected chi connectivity index (χ3v) is 3.46. The molecule has 0 fully saturated rings. The van der Waals surface area contributed by atoms with Crippen LogP contribution in [-0.4, -0.2) is 19.9 Å². The van der Waals surface area contributed by atoms with Gasteiger partial charge in [0, 0.05) is 0 Å². The van der Waals surface area contributed by atoms with Gasteiger partial charge in [0.15, 0.2) is 0 Å². The van der Waals surface area contributed by atoms with Crippen molar-refractivity contribution in [1.82, 2.24) is 19.9 Å². The first-order valence-electron chi connectivity index (χ1n) is 6.67. The Balaban J connectivity index is 1.72. The van der Waals surface area contributed by atoms with Crippen molar-refractivity contribution in [3.8, 4) is 0 Å². The molecule has 4 heteroatoms. The summed E-state index contributed by atoms with van der Waals surface area (Å²) < 4.78 is 0. The summed E-state index contributed by atoms with van der Waals surface area (Å²) in [7, 11) is 0. The highest BCUT2D eigenvalue weighted by molar-refractivity contribution is 5.76. The van der Waals surface area contributed by atoms with E-state index in [1.54, 1.807) is 0 Å². The molecule has 0 unspecified atom stereocenters. The normalized spacial score (nSPS) is 11.4. The predicted octanol–water partition coefficient (Wildman–Crippen LogP) is 3.34. The minimum Gasteiger partial charge on any atom is -0.342 e. The summed E-state index contributed by atoms with van der Waals surface area (Å²) in [5, 5.41) is 0. The van der Waals surface area contributed by atoms with Crippen LogP contribution >= 0.6 is 0 Å². The third kappa shape index (κ3) is 1.86. The predicted molar refractivity (Wildman–Crippen MR) is 79.7 cm³/mol. The van der Waals surface area contributed by atoms with Gasteiger partial charge in [-0.1, -0.05) is 18.2 Å². The lowest BCUT2D eigenvalue weighted by atomic mass is 10.2. The quantitative estimate of drug-likeness (QED) is 0.582. The lowest BCUT2D eigenvalue weighted by Crippen LogP contribution is -1.92. The molecule has 0 aliphatic rings. The van der Waals surface area contributed by atoms with Gasteiger partial charge in [0.25, 0.3) is 0 Å². The Morgan fingerprint density at radius 3 is 2.35 bits per heavy atom. The van der Waals surface area contributed by atoms with Gasteiger partial charge in [-0.2, -0.15) is 0 Å². The van der Waals surface area contributed by atoms with Crippen LogP contribution in [0.3, 0.4) is 0 Å². The molecular weight excluding hydrogens is 248 g/mol. The van der Waals surface area contributed by atoms with E-state index in [1.807, 2.05) is 30.3 Å². The van der Waals surface area contributed by atoms with Gasteiger partial charge in [-0.05, 0) is 36.8 Å². The number of hydrogen-bond donors (Lipinski definition) is 2. The van der Waals surface area contributed by atoms with Crippen LogP contribution in [0.1, 0.15) is 17.2 Å². The molecule has 4 aromatic rings. The fourth-order valence-corrected chi connectivity index (χ4v) is 2.51. The van der Waals surface area contributed by atoms with Crippen LogP contribution in [0.5, 0.6) is 0 Å². The van der Waals surface area contributed by atoms with Crippen LogP contribution in [0.15, 0.2) is 42.5 Å². The highest BCUT2D eigenvalue weighted by Gasteiger charge is 2.07. The largest absolute Gasteiger partial charge is 0.342 e. The number of aromatic amines is 2. The number of para-hydroxylation sites is 2. The molecule has 4 nitrogen and oxygen atoms in total. The average molecular weight is 262 g/mol. The Kier molecular flexibility index (Phi) is 2.36. The lowest BCUT2D eigenvalue weighted by molar-refractivity contribution is 0.960. The van der Waals surface area contributed by atoms with Crippen molar-refractivity contribution in [2.45, 2.75) is 13.3 Å². The third-order valence-electron chi connectivity index (χ3n) is 3.46. The van der Waals surface area contributed by atoms with Crippen molar-refractivity contribution in [2.75, 3.05) is 0 Å². The van der Waals surface area contributed by atoms with E-state index in [-0.39, 0.29) is 0 Å². The summed E-state index contributed by atoms with van der Waals surface area (Å²) in [5.74, 6) is 1.87. The summed E-state index contributed by atoms with van der Waals surface area (Å²) in [6.45, 7) is 2.08. The number of benzene rings is 2. The summed E-state index contributed by atoms with van der Waals surface area (Å²) in [5.41, 5.74) is 5.37. The second-order valence-electron chi connectivity index (χ2n) is 5.08. The summed E-state index contributed by atoms with van der Waals surface area (Å²) in [6.07, 6.45) is 0.683. The van der Waals surface area contributed by atoms with Crippen LogP contribution in [-0.2, 0) is 6.42 Å². The van der Waals surface area contributed by atoms with Crippen molar-refractivity contribution < 1.29 is 0 Å². The Hall–Kier alpha value is -2.62. The monoisotopic (exact) mass is 262 g/mol. The number of hydrogen-bond acceptors (Lipinski definition) is 2. The molecule has 4 rings (SSSR count). The number of H-pyrrole nitrogens is 2. The maximum Gasteiger partial charge on any atom is 0.114 e. The Morgan fingerprint density at radius 2 is 1.55 bits per heavy atom. The van der Waals surface area contributed by atoms with Crippen molar-refractivity contribution in [3.63, 3.8) is 0 Å². The molecule has 2 aromatic carbocycles. The zero-order valence-electron chi connectivity index (χ0n) is 11.1. The molecule has 2 aromatic heterocycles. The van der Waals surface area contributed by atoms with Gasteiger partial charge in [-0.25, -0.2) is 9.97 Å². The van der Waals surface area contributed by atoms with Crippen LogP contribution < -0.4 is 0 Å². The molecule has 0 aliphatic carbocycles. The van der Waals surface area contributed by atoms with Gasteiger partial charge >= 0.3 is 0 Å². The topological polar surface area (TPSA) is 57.4 Å². The number of imidazole rings is 2. The summed E-state index contributed by atoms with van der Waals surface area (Å²) >= 11 is 0. The van der Waals surface area contributed by atoms with Crippen molar-refractivity contribution in [1.29, 1.82) is 0 Å². The smallest absolute Gasteiger partial charge is 0.114 e. The number of nitrogens with one attached hydrogen (secondary N) is 2. The molecule has 0 aliphatic heterocycles. The Morgan fingerprint density at radius 1 is 0.850 bits per heavy atom. The minimum absolute atomic E-state index is 0.683. The van der Waals surface area contributed by atoms with Gasteiger partial charge in [0.1, 0.15) is 11.6 Å². The van der Waals surface area contributed by atoms with Crippen molar-refractivity contribution in [3.05, 3.63) is 59.7 Å². The molecule has 2 heterocycles. The van der Waals surface area contributed by atoms with Gasteiger partial charge in [0.05, 0.1) is 28.5 Å². The second-order valence-corrected chi connectivity index (χ2v) is 5.08. The molecule has 20 heavy (non-hydrogen) atoms. The first-order valence-corrected chi connectivity index (χ1v) is 6.67. The van der Waals surface area contributed by atoms with E-state index < -0.39 is 0 Å². The fraction of sp³-hybridized carbons (Fsp3) is 0.125. The number of rotatable bonds is 2. The number of fused-ring (bicyclic) bond motifs is 2. The van der Waals surface area contributed by atoms with E-state index in [4.69, 9.17) is 0 Å². The highest BCUT2D eigenvalue weighted by atomic mass is 15.0. The second kappa shape index (κ2) is 4.20. The first kappa shape index (κ1) is 11.2. The maximum absolute atomic E-state index is 4.60. The number of aryl methyl sites for hydroxylation is 1. The molecule has 0 spiro atoms. The Labute approximate surface area is 115 Å². The van der Waals surface area contributed by atoms with E-state index in [9.17, 15) is 0 Å². The van der Waals surface area contributed by atoms with Gasteiger partial charge in [-0.15, -0.1) is 0 Å². The molecule has 0 amide bonds. The minimum atomic E-state index is 0.683. The SMILES string of the molecule is Cc1ccc2nc(Cc3nc4ccccc4[nH]3)[nH]c2c1. The molecule has 98 valence electrons. The molecule has 2 N–H and O–H groups in total. The maximum atomic E-state index is 4.60. The van der Waals surface area contributed by atoms with Gasteiger partial charge < -0.3 is 9.97 Å². The molecule has 0 bridgehead atoms. The molecule has 0 saturated carbocycles. The van der Waals surface area contributed by atoms with Gasteiger partial charge in [-0.3, -0.25) is 0 Å². The number of nitrogens with zero attached hydrogens (tertiary/aromatic N) is 2. The first-order chi connectivity index (χ1) is 9.78. The van der Waals surface area contributed by atoms with E-state index >= 15 is 0 Å². The highest BCUT2D eigenvalue weighted by Crippen LogP contribution is 2.16. The van der Waals surface area contributed by atoms with Crippen LogP contribution in [0.4, 0.5) is 0 Å². The van der Waals surface area contributed by atoms with Crippen LogP contribution in [0.2, 0.25) is 0 Å². The van der Waals surface area contributed by atoms with E-state index in [1.165, 1.54) is 5.56 Å². The van der Waals surface area contributed by atoms with Crippen LogP contribution in [0, 0.1) is 6.92 Å². The van der Waals surface area contributed by atoms with E-state index in [0.29, 0.717) is 6.42 Å². The van der Waals surface area contributed by atoms with Crippen LogP contribution in [0.25, 0.3) is 22.1 Å². The molecule has 0 saturated heterocycles. The van der Waals surface area contributed by atoms with E-state index in [0.717, 1.165) is 33.7 Å². The molecular formula is C16H14N4. The summed E-state index contributed by atoms with van der Waals surface area (Å²) in [6, 6.07) is 14.3. The van der Waals surface area contributed by atoms with Crippen molar-refractivity contribution in [2.24, 2.45) is 0 Å². The van der Waals surface area contributed by atoms with Gasteiger partial charge in [0.2, 0.25) is 0 Å². The number of aromatic nitrogens is 4. The van der Waals surface area contributed by atoms with E-state index in [2.05, 4.69) is 39.0 Å². The molecule has 0 radical (unpaired) electrons. The van der Waals surface area contributed by atoms with Crippen molar-refractivity contribution >= 4 is 22.1 Å². The lowest BCUT2D eigenvalue weighted by Gasteiger charge is -1.91. The Bertz CT molecular complexity index is 868. The summed E-state index contributed by atoms with van der Waals surface area (Å²) in [4.78, 5) is 15.9. The average Bonchev–Trinajstić information content (AvgIpc) is 3.00. The zero-order valence-corrected chi connectivity index (χ0v) is 11.1.